The van der Waals surface area contributed by atoms with Gasteiger partial charge in [0.2, 0.25) is 5.91 Å². The second-order valence-corrected chi connectivity index (χ2v) is 8.85. The third-order valence-electron chi connectivity index (χ3n) is 6.31. The normalized spacial score (nSPS) is 16.3. The molecule has 4 N–H and O–H groups in total. The lowest BCUT2D eigenvalue weighted by Crippen LogP contribution is -2.29. The van der Waals surface area contributed by atoms with Gasteiger partial charge in [0.25, 0.3) is 5.91 Å². The van der Waals surface area contributed by atoms with Crippen molar-refractivity contribution in [2.24, 2.45) is 5.73 Å². The van der Waals surface area contributed by atoms with Crippen LogP contribution in [0.4, 0.5) is 14.6 Å². The fourth-order valence-electron chi connectivity index (χ4n) is 4.24. The lowest BCUT2D eigenvalue weighted by molar-refractivity contribution is -0.286. The Morgan fingerprint density at radius 3 is 2.58 bits per heavy atom. The highest BCUT2D eigenvalue weighted by molar-refractivity contribution is 6.01. The van der Waals surface area contributed by atoms with Crippen LogP contribution in [0.1, 0.15) is 34.3 Å². The first-order valence-corrected chi connectivity index (χ1v) is 11.5. The van der Waals surface area contributed by atoms with Gasteiger partial charge in [-0.3, -0.25) is 9.59 Å². The lowest BCUT2D eigenvalue weighted by Gasteiger charge is -2.17. The van der Waals surface area contributed by atoms with Gasteiger partial charge < -0.3 is 25.8 Å². The van der Waals surface area contributed by atoms with E-state index in [4.69, 9.17) is 5.73 Å². The molecule has 1 aromatic heterocycles. The minimum Gasteiger partial charge on any atom is -0.395 e. The van der Waals surface area contributed by atoms with Gasteiger partial charge in [0.05, 0.1) is 11.1 Å². The Labute approximate surface area is 205 Å². The van der Waals surface area contributed by atoms with Crippen molar-refractivity contribution in [3.8, 4) is 22.8 Å². The standard InChI is InChI=1S/C26H24F2N4O4/c1-15-5-8-21(31-22(15)16-3-2-4-17(13-16)23(33)30-12-11-29)32-24(34)25(9-10-25)18-6-7-19-20(14-18)36-26(27,28)35-19/h2-8,13-14H,9-12,29H2,1H3,(H,30,33)(H,31,32,34). The van der Waals surface area contributed by atoms with E-state index in [1.165, 1.54) is 12.1 Å². The maximum Gasteiger partial charge on any atom is 0.586 e. The maximum absolute atomic E-state index is 13.4. The lowest BCUT2D eigenvalue weighted by atomic mass is 9.94. The molecule has 2 aliphatic rings. The molecule has 1 aliphatic heterocycles. The second-order valence-electron chi connectivity index (χ2n) is 8.85. The Balaban J connectivity index is 1.37. The van der Waals surface area contributed by atoms with E-state index in [2.05, 4.69) is 25.1 Å². The van der Waals surface area contributed by atoms with Gasteiger partial charge in [0, 0.05) is 24.2 Å². The SMILES string of the molecule is Cc1ccc(NC(=O)C2(c3ccc4c(c3)OC(F)(F)O4)CC2)nc1-c1cccc(C(=O)NCCN)c1. The summed E-state index contributed by atoms with van der Waals surface area (Å²) in [5.74, 6) is -0.338. The molecule has 10 heteroatoms. The number of amides is 2. The summed E-state index contributed by atoms with van der Waals surface area (Å²) >= 11 is 0. The maximum atomic E-state index is 13.4. The highest BCUT2D eigenvalue weighted by Crippen LogP contribution is 2.52. The number of nitrogens with two attached hydrogens (primary N) is 1. The number of hydrogen-bond acceptors (Lipinski definition) is 6. The van der Waals surface area contributed by atoms with E-state index in [0.29, 0.717) is 48.6 Å². The fraction of sp³-hybridized carbons (Fsp3) is 0.269. The summed E-state index contributed by atoms with van der Waals surface area (Å²) in [6, 6.07) is 15.0. The van der Waals surface area contributed by atoms with Crippen LogP contribution in [0.3, 0.4) is 0 Å². The molecule has 2 heterocycles. The Morgan fingerprint density at radius 2 is 1.83 bits per heavy atom. The quantitative estimate of drug-likeness (QED) is 0.461. The first-order valence-electron chi connectivity index (χ1n) is 11.5. The zero-order valence-electron chi connectivity index (χ0n) is 19.4. The van der Waals surface area contributed by atoms with Crippen LogP contribution in [0.2, 0.25) is 0 Å². The fourth-order valence-corrected chi connectivity index (χ4v) is 4.24. The third kappa shape index (κ3) is 4.47. The molecule has 0 atom stereocenters. The number of anilines is 1. The molecule has 5 rings (SSSR count). The number of fused-ring (bicyclic) bond motifs is 1. The summed E-state index contributed by atoms with van der Waals surface area (Å²) in [5.41, 5.74) is 7.86. The van der Waals surface area contributed by atoms with Gasteiger partial charge in [0.15, 0.2) is 11.5 Å². The van der Waals surface area contributed by atoms with Crippen molar-refractivity contribution in [1.82, 2.24) is 10.3 Å². The van der Waals surface area contributed by atoms with Crippen molar-refractivity contribution in [1.29, 1.82) is 0 Å². The summed E-state index contributed by atoms with van der Waals surface area (Å²) in [5, 5.41) is 5.61. The van der Waals surface area contributed by atoms with Crippen LogP contribution in [0, 0.1) is 6.92 Å². The summed E-state index contributed by atoms with van der Waals surface area (Å²) in [7, 11) is 0. The van der Waals surface area contributed by atoms with Gasteiger partial charge in [-0.1, -0.05) is 24.3 Å². The molecule has 2 aromatic carbocycles. The second kappa shape index (κ2) is 8.87. The minimum atomic E-state index is -3.72. The van der Waals surface area contributed by atoms with Crippen LogP contribution in [0.25, 0.3) is 11.3 Å². The van der Waals surface area contributed by atoms with Crippen molar-refractivity contribution < 1.29 is 27.8 Å². The number of aryl methyl sites for hydroxylation is 1. The van der Waals surface area contributed by atoms with Crippen molar-refractivity contribution in [2.75, 3.05) is 18.4 Å². The summed E-state index contributed by atoms with van der Waals surface area (Å²) in [4.78, 5) is 30.2. The van der Waals surface area contributed by atoms with Crippen LogP contribution in [0.15, 0.2) is 54.6 Å². The third-order valence-corrected chi connectivity index (χ3v) is 6.31. The van der Waals surface area contributed by atoms with Crippen molar-refractivity contribution in [2.45, 2.75) is 31.5 Å². The van der Waals surface area contributed by atoms with Crippen LogP contribution >= 0.6 is 0 Å². The number of pyridine rings is 1. The number of benzene rings is 2. The van der Waals surface area contributed by atoms with E-state index in [1.807, 2.05) is 19.1 Å². The van der Waals surface area contributed by atoms with Crippen molar-refractivity contribution in [3.05, 3.63) is 71.3 Å². The molecule has 1 saturated carbocycles. The van der Waals surface area contributed by atoms with E-state index < -0.39 is 11.7 Å². The van der Waals surface area contributed by atoms with Crippen LogP contribution in [-0.2, 0) is 10.2 Å². The van der Waals surface area contributed by atoms with Gasteiger partial charge >= 0.3 is 6.29 Å². The molecule has 1 fully saturated rings. The Kier molecular flexibility index (Phi) is 5.83. The molecular formula is C26H24F2N4O4. The van der Waals surface area contributed by atoms with Crippen LogP contribution in [-0.4, -0.2) is 36.2 Å². The number of halogens is 2. The van der Waals surface area contributed by atoms with E-state index in [9.17, 15) is 18.4 Å². The number of nitrogens with one attached hydrogen (secondary N) is 2. The number of alkyl halides is 2. The first kappa shape index (κ1) is 23.7. The van der Waals surface area contributed by atoms with E-state index in [0.717, 1.165) is 11.1 Å². The van der Waals surface area contributed by atoms with Gasteiger partial charge in [-0.05, 0) is 61.2 Å². The average Bonchev–Trinajstić information content (AvgIpc) is 3.60. The number of ether oxygens (including phenoxy) is 2. The molecule has 36 heavy (non-hydrogen) atoms. The Hall–Kier alpha value is -4.05. The zero-order valence-corrected chi connectivity index (χ0v) is 19.4. The number of rotatable bonds is 7. The van der Waals surface area contributed by atoms with Gasteiger partial charge in [0.1, 0.15) is 5.82 Å². The van der Waals surface area contributed by atoms with Crippen LogP contribution < -0.4 is 25.8 Å². The van der Waals surface area contributed by atoms with Gasteiger partial charge in [-0.2, -0.15) is 0 Å². The van der Waals surface area contributed by atoms with Gasteiger partial charge in [-0.25, -0.2) is 4.98 Å². The molecule has 0 spiro atoms. The Bertz CT molecular complexity index is 1360. The smallest absolute Gasteiger partial charge is 0.395 e. The summed E-state index contributed by atoms with van der Waals surface area (Å²) in [6.07, 6.45) is -2.59. The van der Waals surface area contributed by atoms with Gasteiger partial charge in [-0.15, -0.1) is 8.78 Å². The number of hydrogen-bond donors (Lipinski definition) is 3. The summed E-state index contributed by atoms with van der Waals surface area (Å²) in [6.45, 7) is 2.60. The molecule has 0 saturated heterocycles. The van der Waals surface area contributed by atoms with Crippen LogP contribution in [0.5, 0.6) is 11.5 Å². The highest BCUT2D eigenvalue weighted by atomic mass is 19.3. The molecular weight excluding hydrogens is 470 g/mol. The predicted octanol–water partition coefficient (Wildman–Crippen LogP) is 3.74. The highest BCUT2D eigenvalue weighted by Gasteiger charge is 2.53. The topological polar surface area (TPSA) is 116 Å². The first-order chi connectivity index (χ1) is 17.2. The largest absolute Gasteiger partial charge is 0.586 e. The van der Waals surface area contributed by atoms with E-state index in [-0.39, 0.29) is 23.3 Å². The van der Waals surface area contributed by atoms with E-state index in [1.54, 1.807) is 30.3 Å². The molecule has 186 valence electrons. The predicted molar refractivity (Wildman–Crippen MR) is 128 cm³/mol. The molecule has 3 aromatic rings. The number of nitrogens with zero attached hydrogens (tertiary/aromatic N) is 1. The number of carbonyl (C=O) groups is 2. The monoisotopic (exact) mass is 494 g/mol. The Morgan fingerprint density at radius 1 is 1.06 bits per heavy atom. The zero-order chi connectivity index (χ0) is 25.5. The number of aromatic nitrogens is 1. The van der Waals surface area contributed by atoms with Crippen molar-refractivity contribution >= 4 is 17.6 Å². The minimum absolute atomic E-state index is 0.0660. The molecule has 0 radical (unpaired) electrons. The van der Waals surface area contributed by atoms with Crippen molar-refractivity contribution in [3.63, 3.8) is 0 Å². The van der Waals surface area contributed by atoms with E-state index >= 15 is 0 Å². The molecule has 1 aliphatic carbocycles. The molecule has 2 amide bonds. The molecule has 0 bridgehead atoms. The average molecular weight is 494 g/mol. The molecule has 8 nitrogen and oxygen atoms in total. The molecule has 0 unspecified atom stereocenters. The summed E-state index contributed by atoms with van der Waals surface area (Å²) < 4.78 is 35.8. The number of carbonyl (C=O) groups excluding carboxylic acids is 2.